The van der Waals surface area contributed by atoms with E-state index >= 15 is 0 Å². The van der Waals surface area contributed by atoms with Crippen LogP contribution in [-0.4, -0.2) is 87.7 Å². The number of hydrogen-bond donors (Lipinski definition) is 5. The molecule has 3 aromatic rings. The van der Waals surface area contributed by atoms with Gasteiger partial charge in [0.1, 0.15) is 11.3 Å². The smallest absolute Gasteiger partial charge is 0.407 e. The second kappa shape index (κ2) is 11.1. The number of rotatable bonds is 8. The average Bonchev–Trinajstić information content (AvgIpc) is 3.50. The Morgan fingerprint density at radius 2 is 2.11 bits per heavy atom. The number of nitrogens with one attached hydrogen (secondary N) is 2. The number of phenols is 1. The highest BCUT2D eigenvalue weighted by molar-refractivity contribution is 7.16. The van der Waals surface area contributed by atoms with E-state index in [2.05, 4.69) is 26.6 Å². The number of benzene rings is 1. The van der Waals surface area contributed by atoms with Crippen molar-refractivity contribution in [2.24, 2.45) is 0 Å². The highest BCUT2D eigenvalue weighted by atomic mass is 32.1. The first-order valence-corrected chi connectivity index (χ1v) is 14.2. The molecule has 5 N–H and O–H groups in total. The van der Waals surface area contributed by atoms with Crippen LogP contribution in [0, 0.1) is 0 Å². The zero-order valence-corrected chi connectivity index (χ0v) is 22.1. The topological polar surface area (TPSA) is 138 Å². The number of nitrogens with zero attached hydrogens (tertiary/aromatic N) is 2. The van der Waals surface area contributed by atoms with Crippen LogP contribution in [0.25, 0.3) is 10.2 Å². The normalized spacial score (nSPS) is 18.8. The summed E-state index contributed by atoms with van der Waals surface area (Å²) in [6.45, 7) is 5.63. The van der Waals surface area contributed by atoms with Crippen LogP contribution in [0.3, 0.4) is 0 Å². The highest BCUT2D eigenvalue weighted by Gasteiger charge is 2.36. The molecule has 4 heterocycles. The second-order valence-corrected chi connectivity index (χ2v) is 11.8. The number of hydrogen-bond acceptors (Lipinski definition) is 9. The van der Waals surface area contributed by atoms with E-state index in [9.17, 15) is 24.9 Å². The summed E-state index contributed by atoms with van der Waals surface area (Å²) in [6.07, 6.45) is 0.353. The number of piperidine rings is 1. The summed E-state index contributed by atoms with van der Waals surface area (Å²) in [5.41, 5.74) is 1.74. The Morgan fingerprint density at radius 1 is 1.30 bits per heavy atom. The molecule has 0 saturated carbocycles. The summed E-state index contributed by atoms with van der Waals surface area (Å²) in [7, 11) is 0. The lowest BCUT2D eigenvalue weighted by Crippen LogP contribution is -2.55. The molecule has 1 amide bonds. The number of thiophene rings is 1. The molecule has 10 nitrogen and oxygen atoms in total. The molecule has 1 atom stereocenters. The van der Waals surface area contributed by atoms with Gasteiger partial charge in [0, 0.05) is 49.7 Å². The number of ether oxygens (including phenoxy) is 1. The molecule has 2 aromatic heterocycles. The van der Waals surface area contributed by atoms with E-state index in [1.807, 2.05) is 0 Å². The second-order valence-electron chi connectivity index (χ2n) is 9.79. The predicted octanol–water partition coefficient (Wildman–Crippen LogP) is 2.57. The number of aromatic nitrogens is 1. The summed E-state index contributed by atoms with van der Waals surface area (Å²) in [5.74, 6) is -0.0870. The van der Waals surface area contributed by atoms with Gasteiger partial charge in [-0.25, -0.2) is 4.79 Å². The Balaban J connectivity index is 1.15. The van der Waals surface area contributed by atoms with Gasteiger partial charge in [-0.3, -0.25) is 9.69 Å². The number of aromatic hydroxyl groups is 1. The maximum atomic E-state index is 11.9. The number of aromatic amines is 1. The van der Waals surface area contributed by atoms with Crippen LogP contribution < -0.4 is 10.2 Å². The van der Waals surface area contributed by atoms with E-state index in [0.29, 0.717) is 16.7 Å². The Kier molecular flexibility index (Phi) is 7.84. The zero-order valence-electron chi connectivity index (χ0n) is 20.4. The molecular weight excluding hydrogens is 516 g/mol. The number of H-pyrrole nitrogens is 1. The Hall–Kier alpha value is -2.48. The number of thiazole rings is 1. The molecule has 0 radical (unpaired) electrons. The van der Waals surface area contributed by atoms with Gasteiger partial charge in [0.2, 0.25) is 0 Å². The van der Waals surface area contributed by atoms with Crippen molar-refractivity contribution >= 4 is 39.0 Å². The molecule has 37 heavy (non-hydrogen) atoms. The monoisotopic (exact) mass is 548 g/mol. The maximum Gasteiger partial charge on any atom is 0.407 e. The predicted molar refractivity (Wildman–Crippen MR) is 143 cm³/mol. The number of amides is 1. The Bertz CT molecular complexity index is 1290. The Labute approximate surface area is 222 Å². The molecule has 2 aliphatic heterocycles. The molecule has 1 unspecified atom stereocenters. The van der Waals surface area contributed by atoms with E-state index in [-0.39, 0.29) is 34.8 Å². The fourth-order valence-corrected chi connectivity index (χ4v) is 7.03. The minimum Gasteiger partial charge on any atom is -0.506 e. The lowest BCUT2D eigenvalue weighted by Gasteiger charge is -2.44. The third-order valence-corrected chi connectivity index (χ3v) is 9.17. The minimum atomic E-state index is -1.13. The summed E-state index contributed by atoms with van der Waals surface area (Å²) in [5, 5.41) is 36.0. The lowest BCUT2D eigenvalue weighted by molar-refractivity contribution is -0.100. The lowest BCUT2D eigenvalue weighted by atomic mass is 9.90. The summed E-state index contributed by atoms with van der Waals surface area (Å²) < 4.78 is 6.51. The Morgan fingerprint density at radius 3 is 2.84 bits per heavy atom. The molecule has 2 fully saturated rings. The van der Waals surface area contributed by atoms with E-state index in [4.69, 9.17) is 4.74 Å². The van der Waals surface area contributed by atoms with Crippen LogP contribution in [0.4, 0.5) is 4.79 Å². The molecular formula is C25H32N4O6S2. The van der Waals surface area contributed by atoms with Crippen LogP contribution in [0.5, 0.6) is 5.75 Å². The number of morpholine rings is 1. The van der Waals surface area contributed by atoms with Crippen molar-refractivity contribution in [3.05, 3.63) is 49.3 Å². The number of phenolic OH excluding ortho intramolecular Hbond substituents is 1. The molecule has 2 saturated heterocycles. The number of aliphatic hydroxyl groups excluding tert-OH is 1. The van der Waals surface area contributed by atoms with Crippen molar-refractivity contribution in [1.29, 1.82) is 0 Å². The fraction of sp³-hybridized carbons (Fsp3) is 0.520. The van der Waals surface area contributed by atoms with Crippen molar-refractivity contribution in [3.63, 3.8) is 0 Å². The van der Waals surface area contributed by atoms with Gasteiger partial charge in [0.05, 0.1) is 29.6 Å². The molecule has 5 rings (SSSR count). The molecule has 0 aliphatic carbocycles. The molecule has 0 bridgehead atoms. The molecule has 200 valence electrons. The van der Waals surface area contributed by atoms with Crippen LogP contribution in [0.15, 0.2) is 28.4 Å². The molecule has 2 aliphatic rings. The van der Waals surface area contributed by atoms with Gasteiger partial charge >= 0.3 is 11.0 Å². The molecule has 1 spiro atoms. The van der Waals surface area contributed by atoms with Crippen molar-refractivity contribution in [2.75, 3.05) is 45.9 Å². The fourth-order valence-electron chi connectivity index (χ4n) is 5.15. The number of carbonyl (C=O) groups is 1. The number of carboxylic acid groups (broad SMARTS) is 1. The van der Waals surface area contributed by atoms with E-state index in [1.165, 1.54) is 21.9 Å². The maximum absolute atomic E-state index is 11.9. The van der Waals surface area contributed by atoms with E-state index < -0.39 is 12.2 Å². The summed E-state index contributed by atoms with van der Waals surface area (Å²) in [4.78, 5) is 30.8. The van der Waals surface area contributed by atoms with Crippen LogP contribution in [0.1, 0.15) is 34.9 Å². The molecule has 12 heteroatoms. The van der Waals surface area contributed by atoms with Gasteiger partial charge in [-0.15, -0.1) is 11.3 Å². The largest absolute Gasteiger partial charge is 0.506 e. The third-order valence-electron chi connectivity index (χ3n) is 7.27. The first-order valence-electron chi connectivity index (χ1n) is 12.5. The first kappa shape index (κ1) is 26.1. The van der Waals surface area contributed by atoms with Crippen molar-refractivity contribution < 1.29 is 24.9 Å². The number of aliphatic hydroxyl groups is 1. The van der Waals surface area contributed by atoms with Crippen LogP contribution in [-0.2, 0) is 17.7 Å². The zero-order chi connectivity index (χ0) is 26.0. The van der Waals surface area contributed by atoms with Gasteiger partial charge < -0.3 is 35.3 Å². The SMILES string of the molecule is O=C(O)N(CCc1csc(CN2CCC3(CC2)CNCCO3)c1)CC(O)c1ccc(O)c2[nH]c(=O)sc12. The first-order chi connectivity index (χ1) is 17.8. The van der Waals surface area contributed by atoms with E-state index in [0.717, 1.165) is 69.1 Å². The average molecular weight is 549 g/mol. The van der Waals surface area contributed by atoms with Gasteiger partial charge in [-0.1, -0.05) is 17.4 Å². The van der Waals surface area contributed by atoms with Crippen LogP contribution >= 0.6 is 22.7 Å². The quantitative estimate of drug-likeness (QED) is 0.290. The number of likely N-dealkylation sites (tertiary alicyclic amines) is 1. The van der Waals surface area contributed by atoms with Gasteiger partial charge in [-0.05, 0) is 42.3 Å². The van der Waals surface area contributed by atoms with Crippen LogP contribution in [0.2, 0.25) is 0 Å². The van der Waals surface area contributed by atoms with Gasteiger partial charge in [-0.2, -0.15) is 0 Å². The van der Waals surface area contributed by atoms with Crippen molar-refractivity contribution in [2.45, 2.75) is 37.5 Å². The third kappa shape index (κ3) is 6.00. The highest BCUT2D eigenvalue weighted by Crippen LogP contribution is 2.32. The molecule has 1 aromatic carbocycles. The summed E-state index contributed by atoms with van der Waals surface area (Å²) in [6, 6.07) is 5.06. The van der Waals surface area contributed by atoms with Crippen molar-refractivity contribution in [1.82, 2.24) is 20.1 Å². The van der Waals surface area contributed by atoms with E-state index in [1.54, 1.807) is 11.3 Å². The minimum absolute atomic E-state index is 0.00877. The van der Waals surface area contributed by atoms with Gasteiger partial charge in [0.15, 0.2) is 0 Å². The summed E-state index contributed by atoms with van der Waals surface area (Å²) >= 11 is 2.57. The van der Waals surface area contributed by atoms with Crippen molar-refractivity contribution in [3.8, 4) is 5.75 Å². The number of fused-ring (bicyclic) bond motifs is 1. The van der Waals surface area contributed by atoms with Gasteiger partial charge in [0.25, 0.3) is 0 Å². The standard InChI is InChI=1S/C25H32N4O6S2/c30-19-2-1-18(22-21(19)27-23(32)37-22)20(31)13-29(24(33)34)7-3-16-11-17(36-14-16)12-28-8-4-25(5-9-28)15-26-6-10-35-25/h1-2,11,14,20,26,30-31H,3-10,12-13,15H2,(H,27,32)(H,33,34).